The largest absolute Gasteiger partial charge is 0.296 e. The summed E-state index contributed by atoms with van der Waals surface area (Å²) in [5.74, 6) is 0. The number of carbonyl (C=O) groups is 1. The first-order valence-corrected chi connectivity index (χ1v) is 7.92. The highest BCUT2D eigenvalue weighted by molar-refractivity contribution is 7.17. The minimum atomic E-state index is 0.661. The quantitative estimate of drug-likeness (QED) is 0.673. The molecule has 1 aromatic carbocycles. The molecule has 0 saturated heterocycles. The van der Waals surface area contributed by atoms with E-state index in [2.05, 4.69) is 44.0 Å². The van der Waals surface area contributed by atoms with Crippen LogP contribution in [0.4, 0.5) is 0 Å². The molecule has 0 radical (unpaired) electrons. The molecule has 0 bridgehead atoms. The predicted octanol–water partition coefficient (Wildman–Crippen LogP) is 4.36. The molecule has 0 saturated carbocycles. The van der Waals surface area contributed by atoms with E-state index < -0.39 is 0 Å². The zero-order valence-electron chi connectivity index (χ0n) is 12.7. The topological polar surface area (TPSA) is 34.4 Å². The Morgan fingerprint density at radius 2 is 2.00 bits per heavy atom. The molecule has 0 spiro atoms. The molecule has 0 N–H and O–H groups in total. The van der Waals surface area contributed by atoms with Crippen LogP contribution < -0.4 is 0 Å². The maximum Gasteiger partial charge on any atom is 0.195 e. The van der Waals surface area contributed by atoms with E-state index in [4.69, 9.17) is 0 Å². The molecule has 108 valence electrons. The van der Waals surface area contributed by atoms with Gasteiger partial charge in [0.25, 0.3) is 0 Å². The summed E-state index contributed by atoms with van der Waals surface area (Å²) in [5.41, 5.74) is 6.27. The standard InChI is InChI=1S/C17H18N2OS/c1-5-15-16(13-7-6-10(2)11(3)8-13)19-14(9-20)12(4)18-17(19)21-15/h6-9H,5H2,1-4H3. The Kier molecular flexibility index (Phi) is 3.41. The number of nitrogens with zero attached hydrogens (tertiary/aromatic N) is 2. The molecule has 0 aliphatic heterocycles. The van der Waals surface area contributed by atoms with Crippen molar-refractivity contribution in [2.24, 2.45) is 0 Å². The molecular formula is C17H18N2OS. The highest BCUT2D eigenvalue weighted by atomic mass is 32.1. The van der Waals surface area contributed by atoms with Crippen molar-refractivity contribution in [3.63, 3.8) is 0 Å². The smallest absolute Gasteiger partial charge is 0.195 e. The molecule has 4 heteroatoms. The number of carbonyl (C=O) groups excluding carboxylic acids is 1. The second-order valence-electron chi connectivity index (χ2n) is 5.34. The van der Waals surface area contributed by atoms with Crippen LogP contribution in [0.1, 0.15) is 39.1 Å². The zero-order chi connectivity index (χ0) is 15.1. The maximum absolute atomic E-state index is 11.4. The lowest BCUT2D eigenvalue weighted by atomic mass is 10.0. The third-order valence-electron chi connectivity index (χ3n) is 3.98. The minimum Gasteiger partial charge on any atom is -0.296 e. The predicted molar refractivity (Wildman–Crippen MR) is 87.5 cm³/mol. The molecule has 2 heterocycles. The van der Waals surface area contributed by atoms with Crippen LogP contribution in [-0.4, -0.2) is 15.7 Å². The number of aldehydes is 1. The number of rotatable bonds is 3. The van der Waals surface area contributed by atoms with Gasteiger partial charge in [-0.25, -0.2) is 4.98 Å². The lowest BCUT2D eigenvalue weighted by Gasteiger charge is -2.08. The summed E-state index contributed by atoms with van der Waals surface area (Å²) in [6.45, 7) is 8.26. The molecule has 0 atom stereocenters. The number of benzene rings is 1. The summed E-state index contributed by atoms with van der Waals surface area (Å²) in [4.78, 5) is 18.1. The summed E-state index contributed by atoms with van der Waals surface area (Å²) in [6, 6.07) is 6.46. The molecular weight excluding hydrogens is 280 g/mol. The lowest BCUT2D eigenvalue weighted by Crippen LogP contribution is -1.96. The second kappa shape index (κ2) is 5.11. The number of aromatic nitrogens is 2. The van der Waals surface area contributed by atoms with E-state index in [1.165, 1.54) is 16.0 Å². The first-order valence-electron chi connectivity index (χ1n) is 7.10. The van der Waals surface area contributed by atoms with Crippen molar-refractivity contribution in [1.29, 1.82) is 0 Å². The van der Waals surface area contributed by atoms with Crippen molar-refractivity contribution >= 4 is 22.6 Å². The molecule has 3 nitrogen and oxygen atoms in total. The number of hydrogen-bond acceptors (Lipinski definition) is 3. The van der Waals surface area contributed by atoms with Crippen LogP contribution in [0.15, 0.2) is 18.2 Å². The van der Waals surface area contributed by atoms with E-state index in [0.717, 1.165) is 34.6 Å². The van der Waals surface area contributed by atoms with Gasteiger partial charge in [0.1, 0.15) is 5.69 Å². The summed E-state index contributed by atoms with van der Waals surface area (Å²) in [5, 5.41) is 0. The van der Waals surface area contributed by atoms with Crippen LogP contribution in [0.3, 0.4) is 0 Å². The molecule has 0 aliphatic carbocycles. The Balaban J connectivity index is 2.38. The van der Waals surface area contributed by atoms with Gasteiger partial charge in [0, 0.05) is 4.88 Å². The van der Waals surface area contributed by atoms with Gasteiger partial charge in [-0.2, -0.15) is 0 Å². The Labute approximate surface area is 128 Å². The van der Waals surface area contributed by atoms with Crippen LogP contribution in [0, 0.1) is 20.8 Å². The van der Waals surface area contributed by atoms with Crippen LogP contribution in [0.5, 0.6) is 0 Å². The Morgan fingerprint density at radius 1 is 1.24 bits per heavy atom. The van der Waals surface area contributed by atoms with Gasteiger partial charge in [0.2, 0.25) is 0 Å². The average molecular weight is 298 g/mol. The molecule has 2 aromatic heterocycles. The molecule has 0 unspecified atom stereocenters. The Morgan fingerprint density at radius 3 is 2.62 bits per heavy atom. The Hall–Kier alpha value is -1.94. The molecule has 3 aromatic rings. The first kappa shape index (κ1) is 14.0. The summed E-state index contributed by atoms with van der Waals surface area (Å²) < 4.78 is 2.01. The summed E-state index contributed by atoms with van der Waals surface area (Å²) >= 11 is 1.67. The maximum atomic E-state index is 11.4. The minimum absolute atomic E-state index is 0.661. The van der Waals surface area contributed by atoms with Crippen LogP contribution >= 0.6 is 11.3 Å². The summed E-state index contributed by atoms with van der Waals surface area (Å²) in [7, 11) is 0. The third-order valence-corrected chi connectivity index (χ3v) is 5.17. The molecule has 3 rings (SSSR count). The fourth-order valence-corrected chi connectivity index (χ4v) is 3.77. The SMILES string of the molecule is CCc1sc2nc(C)c(C=O)n2c1-c1ccc(C)c(C)c1. The van der Waals surface area contributed by atoms with E-state index in [9.17, 15) is 4.79 Å². The van der Waals surface area contributed by atoms with E-state index >= 15 is 0 Å². The van der Waals surface area contributed by atoms with Crippen molar-refractivity contribution in [3.8, 4) is 11.3 Å². The van der Waals surface area contributed by atoms with Gasteiger partial charge in [-0.05, 0) is 49.9 Å². The van der Waals surface area contributed by atoms with Gasteiger partial charge in [0.15, 0.2) is 11.2 Å². The number of fused-ring (bicyclic) bond motifs is 1. The highest BCUT2D eigenvalue weighted by Gasteiger charge is 2.19. The molecule has 21 heavy (non-hydrogen) atoms. The van der Waals surface area contributed by atoms with Gasteiger partial charge in [0.05, 0.1) is 11.4 Å². The third kappa shape index (κ3) is 2.10. The molecule has 0 aliphatic rings. The monoisotopic (exact) mass is 298 g/mol. The van der Waals surface area contributed by atoms with E-state index in [-0.39, 0.29) is 0 Å². The van der Waals surface area contributed by atoms with E-state index in [1.807, 2.05) is 11.3 Å². The van der Waals surface area contributed by atoms with Crippen LogP contribution in [0.25, 0.3) is 16.2 Å². The number of imidazole rings is 1. The lowest BCUT2D eigenvalue weighted by molar-refractivity contribution is 0.111. The van der Waals surface area contributed by atoms with E-state index in [0.29, 0.717) is 5.69 Å². The molecule has 0 amide bonds. The highest BCUT2D eigenvalue weighted by Crippen LogP contribution is 2.34. The Bertz CT molecular complexity index is 842. The first-order chi connectivity index (χ1) is 10.1. The van der Waals surface area contributed by atoms with E-state index in [1.54, 1.807) is 11.3 Å². The van der Waals surface area contributed by atoms with Gasteiger partial charge < -0.3 is 0 Å². The van der Waals surface area contributed by atoms with Gasteiger partial charge in [-0.15, -0.1) is 11.3 Å². The van der Waals surface area contributed by atoms with Crippen molar-refractivity contribution in [3.05, 3.63) is 45.6 Å². The van der Waals surface area contributed by atoms with Crippen molar-refractivity contribution < 1.29 is 4.79 Å². The van der Waals surface area contributed by atoms with Crippen molar-refractivity contribution in [2.45, 2.75) is 34.1 Å². The van der Waals surface area contributed by atoms with Gasteiger partial charge >= 0.3 is 0 Å². The van der Waals surface area contributed by atoms with Gasteiger partial charge in [-0.3, -0.25) is 9.20 Å². The summed E-state index contributed by atoms with van der Waals surface area (Å²) in [6.07, 6.45) is 1.85. The molecule has 0 fully saturated rings. The fourth-order valence-electron chi connectivity index (χ4n) is 2.64. The van der Waals surface area contributed by atoms with Crippen LogP contribution in [0.2, 0.25) is 0 Å². The second-order valence-corrected chi connectivity index (χ2v) is 6.41. The zero-order valence-corrected chi connectivity index (χ0v) is 13.5. The van der Waals surface area contributed by atoms with Gasteiger partial charge in [-0.1, -0.05) is 19.1 Å². The fraction of sp³-hybridized carbons (Fsp3) is 0.294. The normalized spacial score (nSPS) is 11.2. The van der Waals surface area contributed by atoms with Crippen LogP contribution in [-0.2, 0) is 6.42 Å². The number of thiazole rings is 1. The number of aryl methyl sites for hydroxylation is 4. The average Bonchev–Trinajstić information content (AvgIpc) is 2.95. The number of hydrogen-bond donors (Lipinski definition) is 0. The van der Waals surface area contributed by atoms with Crippen molar-refractivity contribution in [1.82, 2.24) is 9.38 Å². The van der Waals surface area contributed by atoms with Crippen molar-refractivity contribution in [2.75, 3.05) is 0 Å².